The van der Waals surface area contributed by atoms with Crippen molar-refractivity contribution in [1.82, 2.24) is 10.2 Å². The smallest absolute Gasteiger partial charge is 0.122 e. The summed E-state index contributed by atoms with van der Waals surface area (Å²) in [5, 5.41) is 13.1. The van der Waals surface area contributed by atoms with E-state index in [4.69, 9.17) is 0 Å². The summed E-state index contributed by atoms with van der Waals surface area (Å²) < 4.78 is 0. The van der Waals surface area contributed by atoms with E-state index in [-0.39, 0.29) is 5.54 Å². The first-order valence-corrected chi connectivity index (χ1v) is 7.62. The van der Waals surface area contributed by atoms with Gasteiger partial charge in [-0.3, -0.25) is 5.32 Å². The van der Waals surface area contributed by atoms with Crippen LogP contribution in [0.1, 0.15) is 46.0 Å². The third-order valence-electron chi connectivity index (χ3n) is 4.19. The van der Waals surface area contributed by atoms with Crippen LogP contribution in [0.2, 0.25) is 0 Å². The molecule has 18 heavy (non-hydrogen) atoms. The molecule has 2 aliphatic rings. The summed E-state index contributed by atoms with van der Waals surface area (Å²) in [6, 6.07) is 2.61. The second kappa shape index (κ2) is 6.04. The highest BCUT2D eigenvalue weighted by Crippen LogP contribution is 2.40. The number of hydrogen-bond donors (Lipinski definition) is 1. The largest absolute Gasteiger partial charge is 0.300 e. The van der Waals surface area contributed by atoms with Crippen molar-refractivity contribution in [3.05, 3.63) is 0 Å². The lowest BCUT2D eigenvalue weighted by molar-refractivity contribution is 0.190. The first-order chi connectivity index (χ1) is 8.74. The normalized spacial score (nSPS) is 22.8. The van der Waals surface area contributed by atoms with Gasteiger partial charge in [-0.05, 0) is 57.0 Å². The number of hydrogen-bond acceptors (Lipinski definition) is 3. The Kier molecular flexibility index (Phi) is 4.64. The van der Waals surface area contributed by atoms with E-state index in [0.29, 0.717) is 5.92 Å². The third kappa shape index (κ3) is 3.46. The molecule has 2 fully saturated rings. The second-order valence-electron chi connectivity index (χ2n) is 6.07. The molecule has 3 heteroatoms. The Hall–Kier alpha value is -0.590. The van der Waals surface area contributed by atoms with Gasteiger partial charge in [-0.2, -0.15) is 5.26 Å². The van der Waals surface area contributed by atoms with E-state index >= 15 is 0 Å². The summed E-state index contributed by atoms with van der Waals surface area (Å²) in [6.07, 6.45) is 6.42. The lowest BCUT2D eigenvalue weighted by atomic mass is 9.93. The molecule has 2 aliphatic carbocycles. The van der Waals surface area contributed by atoms with Crippen LogP contribution in [0.3, 0.4) is 0 Å². The van der Waals surface area contributed by atoms with E-state index in [2.05, 4.69) is 30.1 Å². The number of rotatable bonds is 9. The standard InChI is InChI=1S/C15H27N3/c1-3-9-18(10-13-5-6-13)12-15(11-16,17-4-2)14-7-8-14/h13-14,17H,3-10,12H2,1-2H3. The molecule has 0 aromatic carbocycles. The number of nitriles is 1. The highest BCUT2D eigenvalue weighted by molar-refractivity contribution is 5.16. The predicted octanol–water partition coefficient (Wildman–Crippen LogP) is 2.39. The fraction of sp³-hybridized carbons (Fsp3) is 0.933. The average Bonchev–Trinajstić information content (AvgIpc) is 3.21. The van der Waals surface area contributed by atoms with Crippen LogP contribution in [0.4, 0.5) is 0 Å². The molecule has 1 N–H and O–H groups in total. The van der Waals surface area contributed by atoms with Crippen molar-refractivity contribution >= 4 is 0 Å². The summed E-state index contributed by atoms with van der Waals surface area (Å²) in [4.78, 5) is 2.53. The van der Waals surface area contributed by atoms with E-state index in [9.17, 15) is 5.26 Å². The quantitative estimate of drug-likeness (QED) is 0.682. The summed E-state index contributed by atoms with van der Waals surface area (Å²) in [6.45, 7) is 8.51. The van der Waals surface area contributed by atoms with Crippen molar-refractivity contribution in [3.63, 3.8) is 0 Å². The Bertz CT molecular complexity index is 301. The molecule has 0 radical (unpaired) electrons. The van der Waals surface area contributed by atoms with Gasteiger partial charge in [0, 0.05) is 13.1 Å². The van der Waals surface area contributed by atoms with Crippen LogP contribution in [0.15, 0.2) is 0 Å². The minimum absolute atomic E-state index is 0.279. The molecule has 0 spiro atoms. The minimum atomic E-state index is -0.279. The van der Waals surface area contributed by atoms with E-state index in [1.165, 1.54) is 38.6 Å². The van der Waals surface area contributed by atoms with Crippen LogP contribution in [-0.4, -0.2) is 36.6 Å². The van der Waals surface area contributed by atoms with Crippen LogP contribution < -0.4 is 5.32 Å². The molecule has 102 valence electrons. The molecule has 1 atom stereocenters. The SMILES string of the molecule is CCCN(CC1CC1)CC(C#N)(NCC)C1CC1. The van der Waals surface area contributed by atoms with E-state index in [0.717, 1.165) is 25.6 Å². The molecule has 0 bridgehead atoms. The highest BCUT2D eigenvalue weighted by atomic mass is 15.2. The van der Waals surface area contributed by atoms with Crippen molar-refractivity contribution < 1.29 is 0 Å². The van der Waals surface area contributed by atoms with Crippen molar-refractivity contribution in [1.29, 1.82) is 5.26 Å². The van der Waals surface area contributed by atoms with Crippen molar-refractivity contribution in [2.75, 3.05) is 26.2 Å². The Morgan fingerprint density at radius 1 is 1.28 bits per heavy atom. The van der Waals surface area contributed by atoms with Gasteiger partial charge in [0.15, 0.2) is 0 Å². The molecule has 0 saturated heterocycles. The van der Waals surface area contributed by atoms with Gasteiger partial charge in [0.05, 0.1) is 6.07 Å². The van der Waals surface area contributed by atoms with Gasteiger partial charge in [0.25, 0.3) is 0 Å². The maximum atomic E-state index is 9.65. The molecule has 2 rings (SSSR count). The number of nitrogens with zero attached hydrogens (tertiary/aromatic N) is 2. The highest BCUT2D eigenvalue weighted by Gasteiger charge is 2.46. The lowest BCUT2D eigenvalue weighted by Gasteiger charge is -2.34. The van der Waals surface area contributed by atoms with Gasteiger partial charge in [0.2, 0.25) is 0 Å². The lowest BCUT2D eigenvalue weighted by Crippen LogP contribution is -2.54. The van der Waals surface area contributed by atoms with Gasteiger partial charge in [-0.1, -0.05) is 13.8 Å². The summed E-state index contributed by atoms with van der Waals surface area (Å²) in [7, 11) is 0. The molecular formula is C15H27N3. The summed E-state index contributed by atoms with van der Waals surface area (Å²) in [5.74, 6) is 1.50. The minimum Gasteiger partial charge on any atom is -0.300 e. The van der Waals surface area contributed by atoms with Gasteiger partial charge in [0.1, 0.15) is 5.54 Å². The van der Waals surface area contributed by atoms with Crippen LogP contribution in [0.25, 0.3) is 0 Å². The molecule has 3 nitrogen and oxygen atoms in total. The fourth-order valence-corrected chi connectivity index (χ4v) is 2.96. The zero-order chi connectivity index (χ0) is 13.0. The average molecular weight is 249 g/mol. The molecule has 0 aromatic rings. The maximum Gasteiger partial charge on any atom is 0.122 e. The van der Waals surface area contributed by atoms with E-state index in [1.807, 2.05) is 0 Å². The van der Waals surface area contributed by atoms with Gasteiger partial charge in [-0.15, -0.1) is 0 Å². The van der Waals surface area contributed by atoms with Gasteiger partial charge in [-0.25, -0.2) is 0 Å². The third-order valence-corrected chi connectivity index (χ3v) is 4.19. The molecule has 0 aliphatic heterocycles. The topological polar surface area (TPSA) is 39.1 Å². The Morgan fingerprint density at radius 3 is 2.44 bits per heavy atom. The number of nitrogens with one attached hydrogen (secondary N) is 1. The predicted molar refractivity (Wildman–Crippen MR) is 74.2 cm³/mol. The second-order valence-corrected chi connectivity index (χ2v) is 6.07. The van der Waals surface area contributed by atoms with Crippen molar-refractivity contribution in [3.8, 4) is 6.07 Å². The molecule has 2 saturated carbocycles. The maximum absolute atomic E-state index is 9.65. The van der Waals surface area contributed by atoms with Gasteiger partial charge >= 0.3 is 0 Å². The van der Waals surface area contributed by atoms with Crippen LogP contribution in [0.5, 0.6) is 0 Å². The summed E-state index contributed by atoms with van der Waals surface area (Å²) in [5.41, 5.74) is -0.279. The molecule has 0 heterocycles. The molecule has 1 unspecified atom stereocenters. The zero-order valence-electron chi connectivity index (χ0n) is 11.9. The van der Waals surface area contributed by atoms with E-state index < -0.39 is 0 Å². The number of likely N-dealkylation sites (N-methyl/N-ethyl adjacent to an activating group) is 1. The van der Waals surface area contributed by atoms with Crippen LogP contribution in [0, 0.1) is 23.2 Å². The summed E-state index contributed by atoms with van der Waals surface area (Å²) >= 11 is 0. The zero-order valence-corrected chi connectivity index (χ0v) is 11.9. The molecule has 0 amide bonds. The first kappa shape index (κ1) is 13.8. The van der Waals surface area contributed by atoms with Crippen LogP contribution >= 0.6 is 0 Å². The van der Waals surface area contributed by atoms with Crippen LogP contribution in [-0.2, 0) is 0 Å². The molecule has 0 aromatic heterocycles. The van der Waals surface area contributed by atoms with Crippen molar-refractivity contribution in [2.45, 2.75) is 51.5 Å². The van der Waals surface area contributed by atoms with Gasteiger partial charge < -0.3 is 4.90 Å². The van der Waals surface area contributed by atoms with E-state index in [1.54, 1.807) is 0 Å². The van der Waals surface area contributed by atoms with Crippen molar-refractivity contribution in [2.24, 2.45) is 11.8 Å². The monoisotopic (exact) mass is 249 g/mol. The Balaban J connectivity index is 1.97. The Morgan fingerprint density at radius 2 is 2.00 bits per heavy atom. The fourth-order valence-electron chi connectivity index (χ4n) is 2.96. The first-order valence-electron chi connectivity index (χ1n) is 7.62. The Labute approximate surface area is 112 Å². The molecular weight excluding hydrogens is 222 g/mol.